The van der Waals surface area contributed by atoms with Crippen LogP contribution in [0.4, 0.5) is 5.69 Å². The van der Waals surface area contributed by atoms with E-state index in [-0.39, 0.29) is 76.9 Å². The van der Waals surface area contributed by atoms with Crippen LogP contribution >= 0.6 is 19.4 Å². The Kier molecular flexibility index (Phi) is 9.78. The number of nitrogen functional groups attached to an aromatic ring is 1. The van der Waals surface area contributed by atoms with Crippen LogP contribution in [0.15, 0.2) is 35.3 Å². The van der Waals surface area contributed by atoms with Crippen LogP contribution in [0, 0.1) is 0 Å². The number of benzene rings is 1. The first-order chi connectivity index (χ1) is 12.2. The van der Waals surface area contributed by atoms with Gasteiger partial charge in [0.2, 0.25) is 5.91 Å². The fourth-order valence-corrected chi connectivity index (χ4v) is 5.49. The molecule has 4 N–H and O–H groups in total. The van der Waals surface area contributed by atoms with Crippen molar-refractivity contribution in [2.45, 2.75) is 17.8 Å². The Morgan fingerprint density at radius 3 is 2.57 bits per heavy atom. The molecule has 0 bridgehead atoms. The Balaban J connectivity index is 0.00000196. The minimum Gasteiger partial charge on any atom is -0.806 e. The predicted octanol–water partition coefficient (Wildman–Crippen LogP) is -7.66. The Labute approximate surface area is 210 Å². The molecule has 2 aliphatic rings. The van der Waals surface area contributed by atoms with E-state index in [4.69, 9.17) is 5.73 Å². The summed E-state index contributed by atoms with van der Waals surface area (Å²) >= 11 is 1.18. The van der Waals surface area contributed by atoms with Crippen molar-refractivity contribution >= 4 is 36.9 Å². The molecule has 2 amide bonds. The standard InChI is InChI=1S/C15H18N3O6PS.2Na/c16-10-4-2-1-3-8(10)5-11(20)17-12-13(21)18-14(25(22,23)24)9(6-19)7-26-15(12)18;;/h1-4,12,15,19H,5-7,16H2,(H,17,20)(H2,22,23,24);;/q;2*+1/p-2/t12-,15-;;/m1../s1. The summed E-state index contributed by atoms with van der Waals surface area (Å²) in [6, 6.07) is 5.89. The molecule has 140 valence electrons. The number of hydrogen-bond donors (Lipinski definition) is 3. The fraction of sp³-hybridized carbons (Fsp3) is 0.333. The van der Waals surface area contributed by atoms with Crippen molar-refractivity contribution in [3.8, 4) is 0 Å². The van der Waals surface area contributed by atoms with E-state index in [9.17, 15) is 29.0 Å². The molecule has 1 fully saturated rings. The summed E-state index contributed by atoms with van der Waals surface area (Å²) in [5.74, 6) is -1.04. The number of β-lactam (4-membered cyclic amide) rings is 1. The monoisotopic (exact) mass is 443 g/mol. The Morgan fingerprint density at radius 1 is 1.36 bits per heavy atom. The number of anilines is 1. The van der Waals surface area contributed by atoms with Crippen LogP contribution < -0.4 is 80.0 Å². The van der Waals surface area contributed by atoms with Gasteiger partial charge in [0.15, 0.2) is 0 Å². The first-order valence-electron chi connectivity index (χ1n) is 7.67. The molecular formula is C15H16N3Na2O6PS. The van der Waals surface area contributed by atoms with Gasteiger partial charge in [-0.05, 0) is 24.8 Å². The van der Waals surface area contributed by atoms with Crippen LogP contribution in [0.3, 0.4) is 0 Å². The number of thioether (sulfide) groups is 1. The number of rotatable bonds is 5. The Bertz CT molecular complexity index is 849. The number of aliphatic hydroxyl groups is 1. The third kappa shape index (κ3) is 5.25. The van der Waals surface area contributed by atoms with Crippen LogP contribution in [0.25, 0.3) is 0 Å². The SMILES string of the molecule is Nc1ccccc1CC(=O)N[C@@H]1C(=O)N2C(P(=O)([O-])[O-])=C(CO)CS[C@H]12.[Na+].[Na+]. The smallest absolute Gasteiger partial charge is 0.806 e. The maximum atomic E-state index is 12.3. The minimum atomic E-state index is -5.23. The van der Waals surface area contributed by atoms with Crippen molar-refractivity contribution in [3.63, 3.8) is 0 Å². The van der Waals surface area contributed by atoms with E-state index in [2.05, 4.69) is 5.32 Å². The van der Waals surface area contributed by atoms with E-state index in [1.165, 1.54) is 11.8 Å². The summed E-state index contributed by atoms with van der Waals surface area (Å²) in [6.07, 6.45) is -0.0277. The van der Waals surface area contributed by atoms with Gasteiger partial charge >= 0.3 is 59.1 Å². The molecule has 9 nitrogen and oxygen atoms in total. The number of nitrogens with two attached hydrogens (primary N) is 1. The van der Waals surface area contributed by atoms with Crippen LogP contribution in [-0.2, 0) is 20.6 Å². The van der Waals surface area contributed by atoms with Crippen molar-refractivity contribution in [1.82, 2.24) is 10.2 Å². The van der Waals surface area contributed by atoms with E-state index in [1.807, 2.05) is 0 Å². The van der Waals surface area contributed by atoms with Crippen molar-refractivity contribution in [3.05, 3.63) is 40.8 Å². The van der Waals surface area contributed by atoms with E-state index < -0.39 is 42.9 Å². The van der Waals surface area contributed by atoms with E-state index in [1.54, 1.807) is 24.3 Å². The summed E-state index contributed by atoms with van der Waals surface area (Å²) in [4.78, 5) is 48.4. The molecule has 2 atom stereocenters. The molecule has 1 saturated heterocycles. The molecule has 2 aliphatic heterocycles. The van der Waals surface area contributed by atoms with Crippen molar-refractivity contribution in [1.29, 1.82) is 0 Å². The number of carbonyl (C=O) groups excluding carboxylic acids is 2. The molecule has 0 radical (unpaired) electrons. The second-order valence-corrected chi connectivity index (χ2v) is 8.44. The van der Waals surface area contributed by atoms with Gasteiger partial charge in [-0.15, -0.1) is 11.8 Å². The van der Waals surface area contributed by atoms with Crippen LogP contribution in [0.5, 0.6) is 0 Å². The van der Waals surface area contributed by atoms with Gasteiger partial charge in [-0.25, -0.2) is 0 Å². The van der Waals surface area contributed by atoms with Crippen molar-refractivity contribution in [2.75, 3.05) is 18.1 Å². The summed E-state index contributed by atoms with van der Waals surface area (Å²) in [6.45, 7) is -0.627. The number of aliphatic hydroxyl groups excluding tert-OH is 1. The van der Waals surface area contributed by atoms with Crippen LogP contribution in [0.2, 0.25) is 0 Å². The number of amides is 2. The van der Waals surface area contributed by atoms with Gasteiger partial charge in [-0.3, -0.25) is 14.5 Å². The molecule has 0 spiro atoms. The molecule has 0 unspecified atom stereocenters. The molecule has 0 aromatic heterocycles. The number of nitrogens with one attached hydrogen (secondary N) is 1. The molecule has 13 heteroatoms. The molecule has 0 aliphatic carbocycles. The minimum absolute atomic E-state index is 0. The topological polar surface area (TPSA) is 159 Å². The second-order valence-electron chi connectivity index (χ2n) is 5.91. The van der Waals surface area contributed by atoms with Crippen molar-refractivity contribution < 1.29 is 88.2 Å². The summed E-state index contributed by atoms with van der Waals surface area (Å²) < 4.78 is 11.5. The maximum absolute atomic E-state index is 12.3. The average Bonchev–Trinajstić information content (AvgIpc) is 2.59. The molecule has 28 heavy (non-hydrogen) atoms. The van der Waals surface area contributed by atoms with Gasteiger partial charge in [0.25, 0.3) is 5.91 Å². The van der Waals surface area contributed by atoms with Gasteiger partial charge in [0.05, 0.1) is 18.5 Å². The van der Waals surface area contributed by atoms with E-state index >= 15 is 0 Å². The number of carbonyl (C=O) groups is 2. The normalized spacial score (nSPS) is 21.1. The van der Waals surface area contributed by atoms with Crippen LogP contribution in [0.1, 0.15) is 5.56 Å². The number of fused-ring (bicyclic) bond motifs is 1. The number of para-hydroxylation sites is 1. The second kappa shape index (κ2) is 10.5. The third-order valence-electron chi connectivity index (χ3n) is 4.19. The van der Waals surface area contributed by atoms with E-state index in [0.29, 0.717) is 11.3 Å². The first kappa shape index (κ1) is 26.2. The summed E-state index contributed by atoms with van der Waals surface area (Å²) in [7, 11) is -5.23. The quantitative estimate of drug-likeness (QED) is 0.175. The van der Waals surface area contributed by atoms with E-state index in [0.717, 1.165) is 4.90 Å². The van der Waals surface area contributed by atoms with Gasteiger partial charge in [0.1, 0.15) is 11.4 Å². The van der Waals surface area contributed by atoms with Gasteiger partial charge in [-0.2, -0.15) is 0 Å². The zero-order chi connectivity index (χ0) is 19.1. The summed E-state index contributed by atoms with van der Waals surface area (Å²) in [5.41, 5.74) is 6.17. The largest absolute Gasteiger partial charge is 1.00 e. The average molecular weight is 443 g/mol. The molecule has 1 aromatic carbocycles. The zero-order valence-electron chi connectivity index (χ0n) is 15.5. The molecule has 0 saturated carbocycles. The first-order valence-corrected chi connectivity index (χ1v) is 10.3. The van der Waals surface area contributed by atoms with Crippen LogP contribution in [-0.4, -0.2) is 45.6 Å². The Hall–Kier alpha value is 0.160. The maximum Gasteiger partial charge on any atom is 1.00 e. The predicted molar refractivity (Wildman–Crippen MR) is 91.3 cm³/mol. The zero-order valence-corrected chi connectivity index (χ0v) is 21.2. The van der Waals surface area contributed by atoms with Gasteiger partial charge < -0.3 is 30.5 Å². The molecular weight excluding hydrogens is 427 g/mol. The number of nitrogens with zero attached hydrogens (tertiary/aromatic N) is 1. The van der Waals surface area contributed by atoms with Gasteiger partial charge in [0, 0.05) is 11.4 Å². The molecule has 2 heterocycles. The number of hydrogen-bond acceptors (Lipinski definition) is 8. The molecule has 3 rings (SSSR count). The summed E-state index contributed by atoms with van der Waals surface area (Å²) in [5, 5.41) is 11.1. The fourth-order valence-electron chi connectivity index (χ4n) is 2.95. The molecule has 1 aromatic rings. The van der Waals surface area contributed by atoms with Crippen molar-refractivity contribution in [2.24, 2.45) is 0 Å². The Morgan fingerprint density at radius 2 is 2.00 bits per heavy atom. The third-order valence-corrected chi connectivity index (χ3v) is 6.58. The van der Waals surface area contributed by atoms with Gasteiger partial charge in [-0.1, -0.05) is 18.2 Å².